The van der Waals surface area contributed by atoms with Crippen LogP contribution in [0.2, 0.25) is 0 Å². The van der Waals surface area contributed by atoms with Crippen LogP contribution in [0.1, 0.15) is 12.0 Å². The largest absolute Gasteiger partial charge is 0.316 e. The Labute approximate surface area is 167 Å². The van der Waals surface area contributed by atoms with Crippen LogP contribution < -0.4 is 4.80 Å². The maximum Gasteiger partial charge on any atom is 0.190 e. The molecule has 0 saturated heterocycles. The van der Waals surface area contributed by atoms with Gasteiger partial charge in [-0.1, -0.05) is 42.5 Å². The van der Waals surface area contributed by atoms with Crippen LogP contribution in [0.4, 0.5) is 10.1 Å². The van der Waals surface area contributed by atoms with E-state index in [2.05, 4.69) is 33.8 Å². The van der Waals surface area contributed by atoms with E-state index in [9.17, 15) is 4.39 Å². The van der Waals surface area contributed by atoms with E-state index in [1.165, 1.54) is 23.0 Å². The number of benzene rings is 2. The van der Waals surface area contributed by atoms with Crippen LogP contribution in [-0.2, 0) is 13.0 Å². The first-order valence-corrected chi connectivity index (χ1v) is 10.1. The van der Waals surface area contributed by atoms with Crippen molar-refractivity contribution < 1.29 is 4.39 Å². The Balaban J connectivity index is 1.69. The molecule has 5 heteroatoms. The zero-order valence-corrected chi connectivity index (χ0v) is 16.1. The van der Waals surface area contributed by atoms with Gasteiger partial charge in [0, 0.05) is 23.7 Å². The van der Waals surface area contributed by atoms with Crippen LogP contribution in [0.5, 0.6) is 0 Å². The average molecular weight is 389 g/mol. The lowest BCUT2D eigenvalue weighted by Gasteiger charge is -2.10. The molecular formula is C23H20FN3S. The smallest absolute Gasteiger partial charge is 0.190 e. The SMILES string of the molecule is Fc1ccccc1-c1csc(=Nc2cccnc2)n1CCCc1ccccc1. The summed E-state index contributed by atoms with van der Waals surface area (Å²) < 4.78 is 16.5. The van der Waals surface area contributed by atoms with Crippen molar-refractivity contribution in [2.45, 2.75) is 19.4 Å². The zero-order valence-electron chi connectivity index (χ0n) is 15.3. The first-order chi connectivity index (χ1) is 13.8. The number of aromatic nitrogens is 2. The third-order valence-corrected chi connectivity index (χ3v) is 5.37. The van der Waals surface area contributed by atoms with Crippen LogP contribution in [0.3, 0.4) is 0 Å². The second-order valence-electron chi connectivity index (χ2n) is 6.45. The van der Waals surface area contributed by atoms with Crippen LogP contribution in [0.25, 0.3) is 11.3 Å². The van der Waals surface area contributed by atoms with Crippen LogP contribution in [0, 0.1) is 5.82 Å². The molecule has 0 unspecified atom stereocenters. The standard InChI is InChI=1S/C23H20FN3S/c24-21-13-5-4-12-20(21)22-17-28-23(26-19-11-6-14-25-16-19)27(22)15-7-10-18-8-2-1-3-9-18/h1-6,8-9,11-14,16-17H,7,10,15H2. The molecule has 28 heavy (non-hydrogen) atoms. The Morgan fingerprint density at radius 1 is 0.964 bits per heavy atom. The summed E-state index contributed by atoms with van der Waals surface area (Å²) in [7, 11) is 0. The molecule has 4 rings (SSSR count). The molecule has 3 nitrogen and oxygen atoms in total. The molecule has 0 amide bonds. The number of thiazole rings is 1. The first kappa shape index (κ1) is 18.3. The predicted octanol–water partition coefficient (Wildman–Crippen LogP) is 5.62. The van der Waals surface area contributed by atoms with Crippen molar-refractivity contribution in [1.82, 2.24) is 9.55 Å². The van der Waals surface area contributed by atoms with E-state index < -0.39 is 0 Å². The fourth-order valence-electron chi connectivity index (χ4n) is 3.14. The predicted molar refractivity (Wildman–Crippen MR) is 112 cm³/mol. The van der Waals surface area contributed by atoms with E-state index in [4.69, 9.17) is 4.99 Å². The van der Waals surface area contributed by atoms with Gasteiger partial charge in [0.15, 0.2) is 4.80 Å². The minimum atomic E-state index is -0.218. The number of pyridine rings is 1. The van der Waals surface area contributed by atoms with Gasteiger partial charge in [-0.2, -0.15) is 0 Å². The second kappa shape index (κ2) is 8.76. The molecule has 2 aromatic heterocycles. The number of rotatable bonds is 6. The summed E-state index contributed by atoms with van der Waals surface area (Å²) in [4.78, 5) is 9.72. The molecule has 0 aliphatic heterocycles. The van der Waals surface area contributed by atoms with Crippen molar-refractivity contribution >= 4 is 17.0 Å². The fraction of sp³-hybridized carbons (Fsp3) is 0.130. The van der Waals surface area contributed by atoms with E-state index in [1.807, 2.05) is 35.7 Å². The summed E-state index contributed by atoms with van der Waals surface area (Å²) in [6.45, 7) is 0.765. The third-order valence-electron chi connectivity index (χ3n) is 4.51. The Bertz CT molecular complexity index is 1100. The van der Waals surface area contributed by atoms with Gasteiger partial charge in [-0.05, 0) is 42.7 Å². The molecule has 2 heterocycles. The molecule has 0 spiro atoms. The lowest BCUT2D eigenvalue weighted by molar-refractivity contribution is 0.614. The maximum atomic E-state index is 14.4. The zero-order chi connectivity index (χ0) is 19.2. The van der Waals surface area contributed by atoms with Gasteiger partial charge < -0.3 is 4.57 Å². The van der Waals surface area contributed by atoms with Gasteiger partial charge in [-0.15, -0.1) is 11.3 Å². The summed E-state index contributed by atoms with van der Waals surface area (Å²) in [5, 5.41) is 1.98. The minimum absolute atomic E-state index is 0.218. The normalized spacial score (nSPS) is 11.7. The molecule has 2 aromatic carbocycles. The molecule has 0 radical (unpaired) electrons. The molecule has 0 N–H and O–H groups in total. The molecule has 0 fully saturated rings. The number of aryl methyl sites for hydroxylation is 1. The molecule has 0 saturated carbocycles. The van der Waals surface area contributed by atoms with Gasteiger partial charge in [-0.3, -0.25) is 4.98 Å². The highest BCUT2D eigenvalue weighted by Gasteiger charge is 2.12. The van der Waals surface area contributed by atoms with Gasteiger partial charge in [-0.25, -0.2) is 9.38 Å². The summed E-state index contributed by atoms with van der Waals surface area (Å²) in [6, 6.07) is 21.1. The summed E-state index contributed by atoms with van der Waals surface area (Å²) in [6.07, 6.45) is 5.37. The van der Waals surface area contributed by atoms with Crippen molar-refractivity contribution in [2.75, 3.05) is 0 Å². The van der Waals surface area contributed by atoms with Crippen LogP contribution in [-0.4, -0.2) is 9.55 Å². The molecule has 0 atom stereocenters. The van der Waals surface area contributed by atoms with Gasteiger partial charge in [0.05, 0.1) is 17.6 Å². The van der Waals surface area contributed by atoms with E-state index in [1.54, 1.807) is 18.5 Å². The van der Waals surface area contributed by atoms with Crippen molar-refractivity contribution in [1.29, 1.82) is 0 Å². The van der Waals surface area contributed by atoms with Crippen molar-refractivity contribution in [3.63, 3.8) is 0 Å². The molecular weight excluding hydrogens is 369 g/mol. The second-order valence-corrected chi connectivity index (χ2v) is 7.28. The van der Waals surface area contributed by atoms with E-state index in [0.29, 0.717) is 5.56 Å². The summed E-state index contributed by atoms with van der Waals surface area (Å²) in [5.74, 6) is -0.218. The summed E-state index contributed by atoms with van der Waals surface area (Å²) in [5.41, 5.74) is 3.56. The molecule has 4 aromatic rings. The number of halogens is 1. The first-order valence-electron chi connectivity index (χ1n) is 9.23. The number of hydrogen-bond acceptors (Lipinski definition) is 3. The fourth-order valence-corrected chi connectivity index (χ4v) is 4.08. The molecule has 0 aliphatic rings. The van der Waals surface area contributed by atoms with Gasteiger partial charge >= 0.3 is 0 Å². The highest BCUT2D eigenvalue weighted by atomic mass is 32.1. The lowest BCUT2D eigenvalue weighted by Crippen LogP contribution is -2.16. The Hall–Kier alpha value is -3.05. The van der Waals surface area contributed by atoms with E-state index in [0.717, 1.165) is 35.6 Å². The Morgan fingerprint density at radius 2 is 1.79 bits per heavy atom. The van der Waals surface area contributed by atoms with Gasteiger partial charge in [0.25, 0.3) is 0 Å². The van der Waals surface area contributed by atoms with Gasteiger partial charge in [0.1, 0.15) is 5.82 Å². The van der Waals surface area contributed by atoms with Crippen LogP contribution >= 0.6 is 11.3 Å². The highest BCUT2D eigenvalue weighted by Crippen LogP contribution is 2.24. The quantitative estimate of drug-likeness (QED) is 0.421. The van der Waals surface area contributed by atoms with Crippen molar-refractivity contribution in [3.8, 4) is 11.3 Å². The van der Waals surface area contributed by atoms with Crippen molar-refractivity contribution in [2.24, 2.45) is 4.99 Å². The average Bonchev–Trinajstić information content (AvgIpc) is 3.12. The lowest BCUT2D eigenvalue weighted by atomic mass is 10.1. The number of nitrogens with zero attached hydrogens (tertiary/aromatic N) is 3. The maximum absolute atomic E-state index is 14.4. The summed E-state index contributed by atoms with van der Waals surface area (Å²) >= 11 is 1.52. The van der Waals surface area contributed by atoms with Gasteiger partial charge in [0.2, 0.25) is 0 Å². The monoisotopic (exact) mass is 389 g/mol. The van der Waals surface area contributed by atoms with Crippen LogP contribution in [0.15, 0.2) is 89.5 Å². The number of hydrogen-bond donors (Lipinski definition) is 0. The Kier molecular flexibility index (Phi) is 5.73. The van der Waals surface area contributed by atoms with E-state index in [-0.39, 0.29) is 5.82 Å². The molecule has 0 bridgehead atoms. The Morgan fingerprint density at radius 3 is 2.57 bits per heavy atom. The van der Waals surface area contributed by atoms with E-state index >= 15 is 0 Å². The minimum Gasteiger partial charge on any atom is -0.316 e. The molecule has 140 valence electrons. The molecule has 0 aliphatic carbocycles. The highest BCUT2D eigenvalue weighted by molar-refractivity contribution is 7.07. The topological polar surface area (TPSA) is 30.2 Å². The van der Waals surface area contributed by atoms with Crippen molar-refractivity contribution in [3.05, 3.63) is 101 Å². The third kappa shape index (κ3) is 4.26.